The molecule has 0 spiro atoms. The average Bonchev–Trinajstić information content (AvgIpc) is 3.13. The lowest BCUT2D eigenvalue weighted by atomic mass is 9.98. The maximum atomic E-state index is 12.8. The van der Waals surface area contributed by atoms with Gasteiger partial charge in [-0.15, -0.1) is 0 Å². The number of nitrogens with one attached hydrogen (secondary N) is 1. The number of sulfonamides is 1. The van der Waals surface area contributed by atoms with Crippen molar-refractivity contribution in [3.05, 3.63) is 42.0 Å². The molecule has 0 radical (unpaired) electrons. The third-order valence-electron chi connectivity index (χ3n) is 5.48. The first-order valence-corrected chi connectivity index (χ1v) is 10.8. The number of hydrogen-bond acceptors (Lipinski definition) is 4. The topological polar surface area (TPSA) is 84.3 Å². The van der Waals surface area contributed by atoms with Crippen LogP contribution in [0, 0.1) is 5.92 Å². The Hall–Kier alpha value is -2.19. The molecule has 7 nitrogen and oxygen atoms in total. The molecule has 2 aliphatic rings. The van der Waals surface area contributed by atoms with Crippen LogP contribution in [0.4, 0.5) is 5.69 Å². The predicted molar refractivity (Wildman–Crippen MR) is 102 cm³/mol. The van der Waals surface area contributed by atoms with Gasteiger partial charge in [-0.3, -0.25) is 4.79 Å². The molecule has 2 aromatic rings. The number of benzene rings is 1. The van der Waals surface area contributed by atoms with Crippen molar-refractivity contribution in [3.63, 3.8) is 0 Å². The second-order valence-corrected chi connectivity index (χ2v) is 9.08. The van der Waals surface area contributed by atoms with Gasteiger partial charge in [-0.1, -0.05) is 6.07 Å². The van der Waals surface area contributed by atoms with E-state index in [4.69, 9.17) is 0 Å². The molecule has 1 aromatic carbocycles. The summed E-state index contributed by atoms with van der Waals surface area (Å²) in [5.41, 5.74) is 1.74. The van der Waals surface area contributed by atoms with Crippen molar-refractivity contribution in [2.45, 2.75) is 44.0 Å². The van der Waals surface area contributed by atoms with Crippen LogP contribution in [0.5, 0.6) is 0 Å². The first-order valence-electron chi connectivity index (χ1n) is 9.35. The van der Waals surface area contributed by atoms with Crippen LogP contribution in [-0.4, -0.2) is 37.0 Å². The zero-order valence-electron chi connectivity index (χ0n) is 15.4. The van der Waals surface area contributed by atoms with Crippen molar-refractivity contribution in [2.75, 3.05) is 18.0 Å². The summed E-state index contributed by atoms with van der Waals surface area (Å²) >= 11 is 0. The lowest BCUT2D eigenvalue weighted by Gasteiger charge is -2.29. The highest BCUT2D eigenvalue weighted by Gasteiger charge is 2.25. The molecular formula is C19H24N4O3S. The van der Waals surface area contributed by atoms with E-state index in [2.05, 4.69) is 14.3 Å². The van der Waals surface area contributed by atoms with Gasteiger partial charge in [0.1, 0.15) is 5.82 Å². The molecule has 4 rings (SSSR count). The molecule has 0 saturated heterocycles. The van der Waals surface area contributed by atoms with E-state index in [0.29, 0.717) is 13.1 Å². The normalized spacial score (nSPS) is 19.4. The fourth-order valence-electron chi connectivity index (χ4n) is 3.95. The van der Waals surface area contributed by atoms with E-state index in [1.165, 1.54) is 6.92 Å². The van der Waals surface area contributed by atoms with E-state index in [0.717, 1.165) is 49.3 Å². The van der Waals surface area contributed by atoms with Gasteiger partial charge in [0.05, 0.1) is 4.90 Å². The minimum Gasteiger partial charge on any atom is -0.335 e. The van der Waals surface area contributed by atoms with Crippen LogP contribution in [0.1, 0.15) is 31.2 Å². The number of carbonyl (C=O) groups is 1. The molecule has 0 aliphatic carbocycles. The van der Waals surface area contributed by atoms with E-state index >= 15 is 0 Å². The first-order chi connectivity index (χ1) is 12.9. The fourth-order valence-corrected chi connectivity index (χ4v) is 5.09. The monoisotopic (exact) mass is 388 g/mol. The summed E-state index contributed by atoms with van der Waals surface area (Å²) in [4.78, 5) is 18.1. The maximum absolute atomic E-state index is 12.8. The molecule has 8 heteroatoms. The summed E-state index contributed by atoms with van der Waals surface area (Å²) in [5, 5.41) is 0. The Balaban J connectivity index is 1.49. The van der Waals surface area contributed by atoms with E-state index in [-0.39, 0.29) is 16.7 Å². The van der Waals surface area contributed by atoms with Crippen molar-refractivity contribution >= 4 is 21.6 Å². The quantitative estimate of drug-likeness (QED) is 0.864. The molecule has 0 fully saturated rings. The largest absolute Gasteiger partial charge is 0.335 e. The molecule has 1 aromatic heterocycles. The second-order valence-electron chi connectivity index (χ2n) is 7.31. The van der Waals surface area contributed by atoms with Crippen molar-refractivity contribution in [3.8, 4) is 0 Å². The zero-order valence-corrected chi connectivity index (χ0v) is 16.2. The molecule has 1 N–H and O–H groups in total. The average molecular weight is 388 g/mol. The summed E-state index contributed by atoms with van der Waals surface area (Å²) in [6.07, 6.45) is 7.21. The van der Waals surface area contributed by atoms with Gasteiger partial charge < -0.3 is 9.47 Å². The van der Waals surface area contributed by atoms with Crippen LogP contribution in [0.25, 0.3) is 0 Å². The van der Waals surface area contributed by atoms with Crippen molar-refractivity contribution in [2.24, 2.45) is 5.92 Å². The smallest absolute Gasteiger partial charge is 0.240 e. The summed E-state index contributed by atoms with van der Waals surface area (Å²) in [6, 6.07) is 5.10. The number of hydrogen-bond donors (Lipinski definition) is 1. The number of rotatable bonds is 4. The van der Waals surface area contributed by atoms with Crippen LogP contribution >= 0.6 is 0 Å². The van der Waals surface area contributed by atoms with E-state index in [1.54, 1.807) is 23.2 Å². The third kappa shape index (κ3) is 3.64. The van der Waals surface area contributed by atoms with Crippen LogP contribution < -0.4 is 9.62 Å². The molecule has 3 heterocycles. The highest BCUT2D eigenvalue weighted by molar-refractivity contribution is 7.89. The molecule has 0 bridgehead atoms. The first kappa shape index (κ1) is 18.2. The van der Waals surface area contributed by atoms with E-state index in [1.807, 2.05) is 12.3 Å². The Morgan fingerprint density at radius 1 is 1.33 bits per heavy atom. The second kappa shape index (κ2) is 7.09. The SMILES string of the molecule is CC(=O)N1CCCc2ccc(S(=O)(=O)NCC3CCn4ccnc4C3)cc21. The number of nitrogens with zero attached hydrogens (tertiary/aromatic N) is 3. The number of imidazole rings is 1. The number of aryl methyl sites for hydroxylation is 2. The summed E-state index contributed by atoms with van der Waals surface area (Å²) in [5.74, 6) is 1.19. The minimum atomic E-state index is -3.62. The van der Waals surface area contributed by atoms with Crippen LogP contribution in [-0.2, 0) is 34.2 Å². The molecule has 144 valence electrons. The minimum absolute atomic E-state index is 0.0591. The molecule has 0 saturated carbocycles. The fraction of sp³-hybridized carbons (Fsp3) is 0.474. The van der Waals surface area contributed by atoms with Crippen LogP contribution in [0.3, 0.4) is 0 Å². The highest BCUT2D eigenvalue weighted by atomic mass is 32.2. The lowest BCUT2D eigenvalue weighted by Crippen LogP contribution is -2.35. The van der Waals surface area contributed by atoms with Crippen molar-refractivity contribution in [1.29, 1.82) is 0 Å². The Morgan fingerprint density at radius 2 is 2.19 bits per heavy atom. The van der Waals surface area contributed by atoms with Gasteiger partial charge in [0, 0.05) is 51.1 Å². The van der Waals surface area contributed by atoms with Crippen LogP contribution in [0.2, 0.25) is 0 Å². The maximum Gasteiger partial charge on any atom is 0.240 e. The molecule has 27 heavy (non-hydrogen) atoms. The number of anilines is 1. The Kier molecular flexibility index (Phi) is 4.77. The zero-order chi connectivity index (χ0) is 19.0. The number of amides is 1. The van der Waals surface area contributed by atoms with E-state index in [9.17, 15) is 13.2 Å². The standard InChI is InChI=1S/C19H24N4O3S/c1-14(24)23-8-2-3-16-4-5-17(12-18(16)23)27(25,26)21-13-15-6-9-22-10-7-20-19(22)11-15/h4-5,7,10,12,15,21H,2-3,6,8-9,11,13H2,1H3. The van der Waals surface area contributed by atoms with Gasteiger partial charge in [-0.25, -0.2) is 18.1 Å². The number of fused-ring (bicyclic) bond motifs is 2. The van der Waals surface area contributed by atoms with Gasteiger partial charge in [0.2, 0.25) is 15.9 Å². The van der Waals surface area contributed by atoms with E-state index < -0.39 is 10.0 Å². The predicted octanol–water partition coefficient (Wildman–Crippen LogP) is 1.72. The van der Waals surface area contributed by atoms with Crippen molar-refractivity contribution < 1.29 is 13.2 Å². The Labute approximate surface area is 159 Å². The molecular weight excluding hydrogens is 364 g/mol. The molecule has 2 aliphatic heterocycles. The van der Waals surface area contributed by atoms with Gasteiger partial charge in [-0.2, -0.15) is 0 Å². The molecule has 1 amide bonds. The molecule has 1 unspecified atom stereocenters. The number of carbonyl (C=O) groups excluding carboxylic acids is 1. The summed E-state index contributed by atoms with van der Waals surface area (Å²) in [6.45, 7) is 3.41. The third-order valence-corrected chi connectivity index (χ3v) is 6.90. The van der Waals surface area contributed by atoms with Crippen LogP contribution in [0.15, 0.2) is 35.5 Å². The van der Waals surface area contributed by atoms with Gasteiger partial charge in [0.25, 0.3) is 0 Å². The lowest BCUT2D eigenvalue weighted by molar-refractivity contribution is -0.116. The van der Waals surface area contributed by atoms with Gasteiger partial charge in [0.15, 0.2) is 0 Å². The van der Waals surface area contributed by atoms with Crippen molar-refractivity contribution in [1.82, 2.24) is 14.3 Å². The summed E-state index contributed by atoms with van der Waals surface area (Å²) in [7, 11) is -3.62. The number of aromatic nitrogens is 2. The van der Waals surface area contributed by atoms with Gasteiger partial charge in [-0.05, 0) is 42.9 Å². The molecule has 1 atom stereocenters. The summed E-state index contributed by atoms with van der Waals surface area (Å²) < 4.78 is 30.5. The van der Waals surface area contributed by atoms with Gasteiger partial charge >= 0.3 is 0 Å². The highest BCUT2D eigenvalue weighted by Crippen LogP contribution is 2.30. The Bertz CT molecular complexity index is 967. The Morgan fingerprint density at radius 3 is 3.00 bits per heavy atom.